The Labute approximate surface area is 175 Å². The van der Waals surface area contributed by atoms with E-state index in [1.165, 1.54) is 33.5 Å². The van der Waals surface area contributed by atoms with E-state index in [1.54, 1.807) is 30.3 Å². The first kappa shape index (κ1) is 21.5. The molecule has 1 atom stereocenters. The second-order valence-electron chi connectivity index (χ2n) is 6.72. The number of phenolic OH excluding ortho intramolecular Hbond substituents is 1. The maximum atomic E-state index is 12.9. The van der Waals surface area contributed by atoms with Gasteiger partial charge in [0, 0.05) is 6.42 Å². The molecule has 1 fully saturated rings. The van der Waals surface area contributed by atoms with Gasteiger partial charge in [0.1, 0.15) is 17.1 Å². The van der Waals surface area contributed by atoms with Crippen LogP contribution in [0.2, 0.25) is 0 Å². The van der Waals surface area contributed by atoms with Crippen LogP contribution < -0.4 is 18.9 Å². The number of ketones is 1. The predicted molar refractivity (Wildman–Crippen MR) is 112 cm³/mol. The van der Waals surface area contributed by atoms with Gasteiger partial charge in [-0.1, -0.05) is 12.1 Å². The first-order valence-electron chi connectivity index (χ1n) is 9.70. The van der Waals surface area contributed by atoms with Crippen molar-refractivity contribution in [1.29, 1.82) is 0 Å². The molecule has 1 aliphatic heterocycles. The van der Waals surface area contributed by atoms with Gasteiger partial charge in [0.05, 0.1) is 27.9 Å². The van der Waals surface area contributed by atoms with Gasteiger partial charge in [0.15, 0.2) is 23.6 Å². The molecule has 1 aliphatic rings. The second-order valence-corrected chi connectivity index (χ2v) is 6.72. The average Bonchev–Trinajstić information content (AvgIpc) is 2.77. The minimum atomic E-state index is -0.425. The summed E-state index contributed by atoms with van der Waals surface area (Å²) in [6, 6.07) is 8.19. The summed E-state index contributed by atoms with van der Waals surface area (Å²) < 4.78 is 27.4. The van der Waals surface area contributed by atoms with Crippen molar-refractivity contribution in [2.24, 2.45) is 0 Å². The zero-order valence-electron chi connectivity index (χ0n) is 17.3. The van der Waals surface area contributed by atoms with Crippen LogP contribution in [-0.4, -0.2) is 45.1 Å². The molecule has 3 rings (SSSR count). The Bertz CT molecular complexity index is 889. The third-order valence-electron chi connectivity index (χ3n) is 4.76. The third kappa shape index (κ3) is 4.86. The van der Waals surface area contributed by atoms with Crippen LogP contribution in [0.5, 0.6) is 28.7 Å². The van der Waals surface area contributed by atoms with Gasteiger partial charge in [-0.2, -0.15) is 0 Å². The molecule has 0 amide bonds. The van der Waals surface area contributed by atoms with Gasteiger partial charge in [-0.3, -0.25) is 4.79 Å². The molecule has 0 aromatic heterocycles. The van der Waals surface area contributed by atoms with E-state index in [0.29, 0.717) is 35.2 Å². The number of benzene rings is 2. The van der Waals surface area contributed by atoms with Crippen molar-refractivity contribution >= 4 is 11.9 Å². The number of hydrogen-bond acceptors (Lipinski definition) is 7. The fourth-order valence-corrected chi connectivity index (χ4v) is 3.26. The van der Waals surface area contributed by atoms with Crippen LogP contribution in [0, 0.1) is 0 Å². The number of methoxy groups -OCH3 is 3. The van der Waals surface area contributed by atoms with E-state index in [2.05, 4.69) is 0 Å². The number of carbonyl (C=O) groups excluding carboxylic acids is 1. The molecule has 1 heterocycles. The minimum absolute atomic E-state index is 0.0929. The average molecular weight is 414 g/mol. The van der Waals surface area contributed by atoms with E-state index in [0.717, 1.165) is 19.3 Å². The second kappa shape index (κ2) is 10.0. The molecule has 7 nitrogen and oxygen atoms in total. The molecule has 0 spiro atoms. The number of aromatic hydroxyl groups is 1. The molecule has 2 aromatic carbocycles. The summed E-state index contributed by atoms with van der Waals surface area (Å²) in [5.74, 6) is 1.17. The molecule has 1 saturated heterocycles. The van der Waals surface area contributed by atoms with Crippen molar-refractivity contribution in [3.8, 4) is 28.7 Å². The molecule has 0 aliphatic carbocycles. The van der Waals surface area contributed by atoms with Crippen molar-refractivity contribution in [3.05, 3.63) is 47.5 Å². The summed E-state index contributed by atoms with van der Waals surface area (Å²) in [6.07, 6.45) is 5.28. The van der Waals surface area contributed by atoms with Crippen molar-refractivity contribution in [3.63, 3.8) is 0 Å². The number of rotatable bonds is 8. The van der Waals surface area contributed by atoms with E-state index >= 15 is 0 Å². The Hall–Kier alpha value is -3.19. The van der Waals surface area contributed by atoms with Crippen LogP contribution in [-0.2, 0) is 4.74 Å². The Morgan fingerprint density at radius 3 is 2.40 bits per heavy atom. The van der Waals surface area contributed by atoms with Gasteiger partial charge in [-0.05, 0) is 48.7 Å². The largest absolute Gasteiger partial charge is 0.507 e. The Balaban J connectivity index is 1.86. The zero-order valence-corrected chi connectivity index (χ0v) is 17.3. The molecule has 160 valence electrons. The molecular weight excluding hydrogens is 388 g/mol. The standard InChI is InChI=1S/C23H26O7/c1-26-19-13-15(14-20(27-2)23(19)28-3)10-11-17(25)22-16(24)7-6-8-18(22)30-21-9-4-5-12-29-21/h6-8,10-11,13-14,21,24H,4-5,9,12H2,1-3H3/b11-10+. The topological polar surface area (TPSA) is 83.5 Å². The number of ether oxygens (including phenoxy) is 5. The van der Waals surface area contributed by atoms with Crippen LogP contribution in [0.3, 0.4) is 0 Å². The van der Waals surface area contributed by atoms with Crippen molar-refractivity contribution < 1.29 is 33.6 Å². The van der Waals surface area contributed by atoms with Gasteiger partial charge in [0.2, 0.25) is 5.75 Å². The lowest BCUT2D eigenvalue weighted by atomic mass is 10.1. The van der Waals surface area contributed by atoms with E-state index < -0.39 is 12.1 Å². The third-order valence-corrected chi connectivity index (χ3v) is 4.76. The minimum Gasteiger partial charge on any atom is -0.507 e. The summed E-state index contributed by atoms with van der Waals surface area (Å²) in [5, 5.41) is 10.3. The Morgan fingerprint density at radius 1 is 1.07 bits per heavy atom. The van der Waals surface area contributed by atoms with Crippen LogP contribution in [0.1, 0.15) is 35.2 Å². The molecule has 0 saturated carbocycles. The summed E-state index contributed by atoms with van der Waals surface area (Å²) in [6.45, 7) is 0.619. The highest BCUT2D eigenvalue weighted by molar-refractivity contribution is 6.10. The van der Waals surface area contributed by atoms with Crippen LogP contribution in [0.15, 0.2) is 36.4 Å². The Kier molecular flexibility index (Phi) is 7.19. The molecule has 1 unspecified atom stereocenters. The predicted octanol–water partition coefficient (Wildman–Crippen LogP) is 4.22. The van der Waals surface area contributed by atoms with E-state index in [4.69, 9.17) is 23.7 Å². The normalized spacial score (nSPS) is 16.3. The first-order chi connectivity index (χ1) is 14.6. The quantitative estimate of drug-likeness (QED) is 0.511. The SMILES string of the molecule is COc1cc(/C=C/C(=O)c2c(O)cccc2OC2CCCCO2)cc(OC)c1OC. The molecule has 30 heavy (non-hydrogen) atoms. The molecule has 1 N–H and O–H groups in total. The van der Waals surface area contributed by atoms with E-state index in [9.17, 15) is 9.90 Å². The fraction of sp³-hybridized carbons (Fsp3) is 0.348. The van der Waals surface area contributed by atoms with Gasteiger partial charge >= 0.3 is 0 Å². The number of phenols is 1. The first-order valence-corrected chi connectivity index (χ1v) is 9.70. The monoisotopic (exact) mass is 414 g/mol. The van der Waals surface area contributed by atoms with Crippen molar-refractivity contribution in [2.45, 2.75) is 25.6 Å². The van der Waals surface area contributed by atoms with Crippen molar-refractivity contribution in [1.82, 2.24) is 0 Å². The maximum absolute atomic E-state index is 12.9. The maximum Gasteiger partial charge on any atom is 0.203 e. The van der Waals surface area contributed by atoms with Gasteiger partial charge in [0.25, 0.3) is 0 Å². The molecule has 2 aromatic rings. The van der Waals surface area contributed by atoms with Crippen molar-refractivity contribution in [2.75, 3.05) is 27.9 Å². The highest BCUT2D eigenvalue weighted by Gasteiger charge is 2.21. The number of hydrogen-bond donors (Lipinski definition) is 1. The van der Waals surface area contributed by atoms with Crippen LogP contribution >= 0.6 is 0 Å². The smallest absolute Gasteiger partial charge is 0.203 e. The van der Waals surface area contributed by atoms with Gasteiger partial charge in [-0.25, -0.2) is 0 Å². The summed E-state index contributed by atoms with van der Waals surface area (Å²) in [5.41, 5.74) is 0.765. The molecule has 0 bridgehead atoms. The fourth-order valence-electron chi connectivity index (χ4n) is 3.26. The highest BCUT2D eigenvalue weighted by atomic mass is 16.7. The lowest BCUT2D eigenvalue weighted by Crippen LogP contribution is -2.25. The lowest BCUT2D eigenvalue weighted by Gasteiger charge is -2.24. The molecule has 7 heteroatoms. The zero-order chi connectivity index (χ0) is 21.5. The lowest BCUT2D eigenvalue weighted by molar-refractivity contribution is -0.106. The van der Waals surface area contributed by atoms with Gasteiger partial charge < -0.3 is 28.8 Å². The summed E-state index contributed by atoms with van der Waals surface area (Å²) in [4.78, 5) is 12.9. The van der Waals surface area contributed by atoms with Gasteiger partial charge in [-0.15, -0.1) is 0 Å². The Morgan fingerprint density at radius 2 is 1.80 bits per heavy atom. The summed E-state index contributed by atoms with van der Waals surface area (Å²) >= 11 is 0. The van der Waals surface area contributed by atoms with Crippen LogP contribution in [0.25, 0.3) is 6.08 Å². The number of carbonyl (C=O) groups is 1. The number of allylic oxidation sites excluding steroid dienone is 1. The van der Waals surface area contributed by atoms with E-state index in [1.807, 2.05) is 0 Å². The summed E-state index contributed by atoms with van der Waals surface area (Å²) in [7, 11) is 4.57. The van der Waals surface area contributed by atoms with Crippen LogP contribution in [0.4, 0.5) is 0 Å². The van der Waals surface area contributed by atoms with E-state index in [-0.39, 0.29) is 11.3 Å². The molecule has 0 radical (unpaired) electrons. The highest BCUT2D eigenvalue weighted by Crippen LogP contribution is 2.38. The molecular formula is C23H26O7.